The lowest BCUT2D eigenvalue weighted by Gasteiger charge is -2.34. The molecule has 19 heavy (non-hydrogen) atoms. The van der Waals surface area contributed by atoms with E-state index in [9.17, 15) is 4.39 Å². The van der Waals surface area contributed by atoms with Gasteiger partial charge in [0.05, 0.1) is 7.11 Å². The molecule has 1 aromatic carbocycles. The Morgan fingerprint density at radius 3 is 2.68 bits per heavy atom. The van der Waals surface area contributed by atoms with Crippen LogP contribution in [0.25, 0.3) is 0 Å². The third-order valence-corrected chi connectivity index (χ3v) is 3.83. The third kappa shape index (κ3) is 3.67. The molecule has 0 unspecified atom stereocenters. The molecule has 3 nitrogen and oxygen atoms in total. The van der Waals surface area contributed by atoms with E-state index in [0.29, 0.717) is 11.8 Å². The molecule has 0 radical (unpaired) electrons. The Hall–Kier alpha value is -1.13. The molecule has 0 aliphatic carbocycles. The first-order chi connectivity index (χ1) is 9.24. The smallest absolute Gasteiger partial charge is 0.165 e. The first-order valence-electron chi connectivity index (χ1n) is 7.01. The lowest BCUT2D eigenvalue weighted by Crippen LogP contribution is -2.42. The average Bonchev–Trinajstić information content (AvgIpc) is 2.46. The van der Waals surface area contributed by atoms with Gasteiger partial charge in [-0.25, -0.2) is 4.39 Å². The maximum Gasteiger partial charge on any atom is 0.165 e. The first kappa shape index (κ1) is 14.3. The summed E-state index contributed by atoms with van der Waals surface area (Å²) in [5.74, 6) is 0.0371. The lowest BCUT2D eigenvalue weighted by molar-refractivity contribution is 0.162. The van der Waals surface area contributed by atoms with Crippen molar-refractivity contribution in [2.45, 2.75) is 32.4 Å². The second-order valence-corrected chi connectivity index (χ2v) is 5.01. The van der Waals surface area contributed by atoms with Crippen molar-refractivity contribution in [2.75, 3.05) is 26.7 Å². The fraction of sp³-hybridized carbons (Fsp3) is 0.600. The van der Waals surface area contributed by atoms with E-state index >= 15 is 0 Å². The van der Waals surface area contributed by atoms with Crippen LogP contribution in [0.5, 0.6) is 5.75 Å². The molecule has 0 aromatic heterocycles. The van der Waals surface area contributed by atoms with Crippen LogP contribution < -0.4 is 10.1 Å². The Kier molecular flexibility index (Phi) is 5.16. The van der Waals surface area contributed by atoms with Gasteiger partial charge in [-0.05, 0) is 50.2 Å². The minimum absolute atomic E-state index is 0.277. The Labute approximate surface area is 114 Å². The molecule has 1 aliphatic heterocycles. The van der Waals surface area contributed by atoms with Crippen LogP contribution in [-0.2, 0) is 6.54 Å². The molecule has 106 valence electrons. The summed E-state index contributed by atoms with van der Waals surface area (Å²) in [5.41, 5.74) is 1.01. The topological polar surface area (TPSA) is 24.5 Å². The highest BCUT2D eigenvalue weighted by molar-refractivity contribution is 5.29. The number of nitrogens with one attached hydrogen (secondary N) is 1. The molecule has 1 aromatic rings. The van der Waals surface area contributed by atoms with Gasteiger partial charge in [-0.15, -0.1) is 0 Å². The molecule has 1 saturated heterocycles. The van der Waals surface area contributed by atoms with E-state index in [1.165, 1.54) is 20.0 Å². The van der Waals surface area contributed by atoms with Gasteiger partial charge in [0.1, 0.15) is 0 Å². The van der Waals surface area contributed by atoms with Gasteiger partial charge in [-0.3, -0.25) is 4.90 Å². The summed E-state index contributed by atoms with van der Waals surface area (Å²) in [5, 5.41) is 3.38. The normalized spacial score (nSPS) is 16.8. The maximum atomic E-state index is 13.7. The van der Waals surface area contributed by atoms with Gasteiger partial charge in [0.2, 0.25) is 0 Å². The van der Waals surface area contributed by atoms with E-state index in [0.717, 1.165) is 31.7 Å². The number of rotatable bonds is 5. The number of methoxy groups -OCH3 is 1. The van der Waals surface area contributed by atoms with E-state index < -0.39 is 0 Å². The van der Waals surface area contributed by atoms with Crippen LogP contribution in [-0.4, -0.2) is 37.7 Å². The van der Waals surface area contributed by atoms with Gasteiger partial charge in [0, 0.05) is 12.6 Å². The predicted molar refractivity (Wildman–Crippen MR) is 74.9 cm³/mol. The highest BCUT2D eigenvalue weighted by Gasteiger charge is 2.19. The second-order valence-electron chi connectivity index (χ2n) is 5.01. The Balaban J connectivity index is 2.03. The van der Waals surface area contributed by atoms with E-state index in [4.69, 9.17) is 4.74 Å². The highest BCUT2D eigenvalue weighted by Crippen LogP contribution is 2.20. The minimum Gasteiger partial charge on any atom is -0.494 e. The summed E-state index contributed by atoms with van der Waals surface area (Å²) in [6.07, 6.45) is 2.35. The zero-order chi connectivity index (χ0) is 13.7. The second kappa shape index (κ2) is 6.87. The van der Waals surface area contributed by atoms with E-state index in [1.807, 2.05) is 6.07 Å². The monoisotopic (exact) mass is 266 g/mol. The highest BCUT2D eigenvalue weighted by atomic mass is 19.1. The minimum atomic E-state index is -0.277. The van der Waals surface area contributed by atoms with Crippen LogP contribution >= 0.6 is 0 Å². The van der Waals surface area contributed by atoms with E-state index in [-0.39, 0.29) is 5.82 Å². The number of ether oxygens (including phenoxy) is 1. The fourth-order valence-electron chi connectivity index (χ4n) is 2.71. The molecule has 0 atom stereocenters. The Bertz CT molecular complexity index is 405. The van der Waals surface area contributed by atoms with Crippen LogP contribution in [0.2, 0.25) is 0 Å². The molecule has 1 fully saturated rings. The van der Waals surface area contributed by atoms with Gasteiger partial charge in [-0.2, -0.15) is 0 Å². The number of nitrogens with zero attached hydrogens (tertiary/aromatic N) is 1. The number of benzene rings is 1. The molecule has 1 N–H and O–H groups in total. The molecular formula is C15H23FN2O. The molecule has 0 amide bonds. The van der Waals surface area contributed by atoms with Crippen molar-refractivity contribution in [2.24, 2.45) is 0 Å². The van der Waals surface area contributed by atoms with Crippen LogP contribution in [0.3, 0.4) is 0 Å². The van der Waals surface area contributed by atoms with E-state index in [1.54, 1.807) is 12.1 Å². The molecular weight excluding hydrogens is 243 g/mol. The van der Waals surface area contributed by atoms with Crippen molar-refractivity contribution in [3.8, 4) is 5.75 Å². The van der Waals surface area contributed by atoms with E-state index in [2.05, 4.69) is 17.1 Å². The first-order valence-corrected chi connectivity index (χ1v) is 7.01. The molecule has 0 spiro atoms. The standard InChI is InChI=1S/C15H23FN2O/c1-3-18(13-6-8-17-9-7-13)11-12-4-5-15(19-2)14(16)10-12/h4-5,10,13,17H,3,6-9,11H2,1-2H3. The van der Waals surface area contributed by atoms with Crippen molar-refractivity contribution in [3.05, 3.63) is 29.6 Å². The van der Waals surface area contributed by atoms with Crippen molar-refractivity contribution < 1.29 is 9.13 Å². The molecule has 0 saturated carbocycles. The van der Waals surface area contributed by atoms with Crippen LogP contribution in [0.1, 0.15) is 25.3 Å². The summed E-state index contributed by atoms with van der Waals surface area (Å²) in [7, 11) is 1.49. The Morgan fingerprint density at radius 2 is 2.11 bits per heavy atom. The van der Waals surface area contributed by atoms with Crippen molar-refractivity contribution in [1.82, 2.24) is 10.2 Å². The predicted octanol–water partition coefficient (Wildman–Crippen LogP) is 2.41. The average molecular weight is 266 g/mol. The Morgan fingerprint density at radius 1 is 1.37 bits per heavy atom. The van der Waals surface area contributed by atoms with Crippen molar-refractivity contribution in [1.29, 1.82) is 0 Å². The van der Waals surface area contributed by atoms with Gasteiger partial charge in [0.15, 0.2) is 11.6 Å². The van der Waals surface area contributed by atoms with Crippen molar-refractivity contribution >= 4 is 0 Å². The van der Waals surface area contributed by atoms with Gasteiger partial charge < -0.3 is 10.1 Å². The summed E-state index contributed by atoms with van der Waals surface area (Å²) < 4.78 is 18.6. The summed E-state index contributed by atoms with van der Waals surface area (Å²) in [6, 6.07) is 5.85. The lowest BCUT2D eigenvalue weighted by atomic mass is 10.0. The number of piperidine rings is 1. The summed E-state index contributed by atoms with van der Waals surface area (Å²) >= 11 is 0. The van der Waals surface area contributed by atoms with Crippen molar-refractivity contribution in [3.63, 3.8) is 0 Å². The number of hydrogen-bond donors (Lipinski definition) is 1. The molecule has 0 bridgehead atoms. The van der Waals surface area contributed by atoms with Crippen LogP contribution in [0.15, 0.2) is 18.2 Å². The van der Waals surface area contributed by atoms with Gasteiger partial charge >= 0.3 is 0 Å². The zero-order valence-electron chi connectivity index (χ0n) is 11.8. The van der Waals surface area contributed by atoms with Crippen LogP contribution in [0.4, 0.5) is 4.39 Å². The third-order valence-electron chi connectivity index (χ3n) is 3.83. The molecule has 1 heterocycles. The molecule has 4 heteroatoms. The zero-order valence-corrected chi connectivity index (χ0v) is 11.8. The quantitative estimate of drug-likeness (QED) is 0.885. The summed E-state index contributed by atoms with van der Waals surface area (Å²) in [6.45, 7) is 6.14. The summed E-state index contributed by atoms with van der Waals surface area (Å²) in [4.78, 5) is 2.43. The largest absolute Gasteiger partial charge is 0.494 e. The number of hydrogen-bond acceptors (Lipinski definition) is 3. The van der Waals surface area contributed by atoms with Gasteiger partial charge in [0.25, 0.3) is 0 Å². The fourth-order valence-corrected chi connectivity index (χ4v) is 2.71. The van der Waals surface area contributed by atoms with Crippen LogP contribution in [0, 0.1) is 5.82 Å². The molecule has 1 aliphatic rings. The van der Waals surface area contributed by atoms with Gasteiger partial charge in [-0.1, -0.05) is 13.0 Å². The maximum absolute atomic E-state index is 13.7. The SMILES string of the molecule is CCN(Cc1ccc(OC)c(F)c1)C1CCNCC1. The molecule has 2 rings (SSSR count). The number of halogens is 1.